The van der Waals surface area contributed by atoms with Crippen molar-refractivity contribution in [2.24, 2.45) is 0 Å². The van der Waals surface area contributed by atoms with Crippen LogP contribution in [0.25, 0.3) is 0 Å². The second-order valence-electron chi connectivity index (χ2n) is 4.81. The van der Waals surface area contributed by atoms with Gasteiger partial charge in [0.1, 0.15) is 17.1 Å². The van der Waals surface area contributed by atoms with Gasteiger partial charge >= 0.3 is 0 Å². The van der Waals surface area contributed by atoms with Crippen LogP contribution in [0.2, 0.25) is 0 Å². The molecule has 0 amide bonds. The first kappa shape index (κ1) is 9.08. The van der Waals surface area contributed by atoms with E-state index in [2.05, 4.69) is 0 Å². The molecule has 1 saturated carbocycles. The van der Waals surface area contributed by atoms with Crippen molar-refractivity contribution < 1.29 is 9.84 Å². The number of ether oxygens (including phenoxy) is 1. The van der Waals surface area contributed by atoms with Crippen molar-refractivity contribution in [2.75, 3.05) is 0 Å². The Hall–Kier alpha value is -1.18. The van der Waals surface area contributed by atoms with Gasteiger partial charge in [-0.25, -0.2) is 0 Å². The summed E-state index contributed by atoms with van der Waals surface area (Å²) in [5, 5.41) is 9.40. The highest BCUT2D eigenvalue weighted by atomic mass is 16.5. The van der Waals surface area contributed by atoms with Crippen LogP contribution < -0.4 is 4.74 Å². The Kier molecular flexibility index (Phi) is 1.91. The van der Waals surface area contributed by atoms with E-state index in [1.165, 1.54) is 37.7 Å². The molecule has 15 heavy (non-hydrogen) atoms. The second-order valence-corrected chi connectivity index (χ2v) is 4.81. The van der Waals surface area contributed by atoms with E-state index in [0.29, 0.717) is 5.75 Å². The topological polar surface area (TPSA) is 29.5 Å². The lowest BCUT2D eigenvalue weighted by molar-refractivity contribution is 0.0528. The smallest absolute Gasteiger partial charge is 0.127 e. The summed E-state index contributed by atoms with van der Waals surface area (Å²) in [6, 6.07) is 5.50. The highest BCUT2D eigenvalue weighted by Gasteiger charge is 2.40. The quantitative estimate of drug-likeness (QED) is 0.703. The molecule has 80 valence electrons. The van der Waals surface area contributed by atoms with E-state index in [1.54, 1.807) is 12.1 Å². The van der Waals surface area contributed by atoms with Gasteiger partial charge in [-0.05, 0) is 37.3 Å². The van der Waals surface area contributed by atoms with E-state index in [0.717, 1.165) is 12.2 Å². The molecule has 1 fully saturated rings. The number of benzene rings is 1. The van der Waals surface area contributed by atoms with Crippen molar-refractivity contribution in [3.63, 3.8) is 0 Å². The van der Waals surface area contributed by atoms with Gasteiger partial charge in [0.05, 0.1) is 0 Å². The number of phenolic OH excluding ortho intramolecular Hbond substituents is 1. The van der Waals surface area contributed by atoms with E-state index < -0.39 is 0 Å². The van der Waals surface area contributed by atoms with E-state index >= 15 is 0 Å². The highest BCUT2D eigenvalue weighted by Crippen LogP contribution is 2.44. The molecule has 1 spiro atoms. The zero-order valence-corrected chi connectivity index (χ0v) is 8.83. The molecule has 0 radical (unpaired) electrons. The summed E-state index contributed by atoms with van der Waals surface area (Å²) in [5.74, 6) is 1.21. The highest BCUT2D eigenvalue weighted by molar-refractivity contribution is 5.44. The Morgan fingerprint density at radius 2 is 1.93 bits per heavy atom. The van der Waals surface area contributed by atoms with Crippen LogP contribution in [-0.4, -0.2) is 10.7 Å². The fourth-order valence-corrected chi connectivity index (χ4v) is 2.88. The van der Waals surface area contributed by atoms with Crippen LogP contribution in [0, 0.1) is 0 Å². The van der Waals surface area contributed by atoms with Crippen LogP contribution >= 0.6 is 0 Å². The van der Waals surface area contributed by atoms with E-state index in [-0.39, 0.29) is 5.60 Å². The maximum atomic E-state index is 9.40. The third-order valence-electron chi connectivity index (χ3n) is 3.65. The van der Waals surface area contributed by atoms with Crippen molar-refractivity contribution >= 4 is 0 Å². The van der Waals surface area contributed by atoms with E-state index in [4.69, 9.17) is 4.74 Å². The molecule has 1 aliphatic carbocycles. The van der Waals surface area contributed by atoms with Crippen LogP contribution in [0.4, 0.5) is 0 Å². The number of aromatic hydroxyl groups is 1. The summed E-state index contributed by atoms with van der Waals surface area (Å²) in [4.78, 5) is 0. The summed E-state index contributed by atoms with van der Waals surface area (Å²) in [6.07, 6.45) is 7.26. The first-order valence-corrected chi connectivity index (χ1v) is 5.78. The molecule has 0 atom stereocenters. The number of phenols is 1. The van der Waals surface area contributed by atoms with Gasteiger partial charge in [0.2, 0.25) is 0 Å². The van der Waals surface area contributed by atoms with Crippen molar-refractivity contribution in [1.29, 1.82) is 0 Å². The molecule has 1 N–H and O–H groups in total. The predicted octanol–water partition coefficient (Wildman–Crippen LogP) is 3.03. The van der Waals surface area contributed by atoms with E-state index in [9.17, 15) is 5.11 Å². The molecule has 2 nitrogen and oxygen atoms in total. The number of rotatable bonds is 0. The van der Waals surface area contributed by atoms with Crippen LogP contribution in [-0.2, 0) is 6.42 Å². The molecular weight excluding hydrogens is 188 g/mol. The lowest BCUT2D eigenvalue weighted by Gasteiger charge is -2.32. The predicted molar refractivity (Wildman–Crippen MR) is 58.3 cm³/mol. The minimum atomic E-state index is 0.0639. The molecule has 0 bridgehead atoms. The number of hydrogen-bond donors (Lipinski definition) is 1. The van der Waals surface area contributed by atoms with Crippen LogP contribution in [0.1, 0.15) is 37.7 Å². The average Bonchev–Trinajstić information content (AvgIpc) is 2.56. The van der Waals surface area contributed by atoms with Gasteiger partial charge in [-0.15, -0.1) is 0 Å². The van der Waals surface area contributed by atoms with Crippen LogP contribution in [0.15, 0.2) is 18.2 Å². The zero-order valence-electron chi connectivity index (χ0n) is 8.83. The lowest BCUT2D eigenvalue weighted by Crippen LogP contribution is -2.36. The summed E-state index contributed by atoms with van der Waals surface area (Å²) >= 11 is 0. The van der Waals surface area contributed by atoms with Gasteiger partial charge in [0.25, 0.3) is 0 Å². The summed E-state index contributed by atoms with van der Waals surface area (Å²) in [7, 11) is 0. The number of hydrogen-bond acceptors (Lipinski definition) is 2. The van der Waals surface area contributed by atoms with E-state index in [1.807, 2.05) is 6.07 Å². The van der Waals surface area contributed by atoms with Gasteiger partial charge in [-0.1, -0.05) is 12.5 Å². The molecule has 0 unspecified atom stereocenters. The number of fused-ring (bicyclic) bond motifs is 1. The van der Waals surface area contributed by atoms with Crippen molar-refractivity contribution in [1.82, 2.24) is 0 Å². The summed E-state index contributed by atoms with van der Waals surface area (Å²) in [5.41, 5.74) is 1.32. The average molecular weight is 204 g/mol. The fraction of sp³-hybridized carbons (Fsp3) is 0.538. The molecule has 2 heteroatoms. The second kappa shape index (κ2) is 3.16. The third kappa shape index (κ3) is 1.48. The van der Waals surface area contributed by atoms with Gasteiger partial charge < -0.3 is 9.84 Å². The molecule has 0 aromatic heterocycles. The molecule has 1 aliphatic heterocycles. The SMILES string of the molecule is Oc1ccc2c(c1)OC1(CCCCC1)C2. The van der Waals surface area contributed by atoms with Crippen LogP contribution in [0.5, 0.6) is 11.5 Å². The molecule has 0 saturated heterocycles. The van der Waals surface area contributed by atoms with Crippen molar-refractivity contribution in [3.05, 3.63) is 23.8 Å². The Balaban J connectivity index is 1.90. The summed E-state index contributed by atoms with van der Waals surface area (Å²) in [6.45, 7) is 0. The Morgan fingerprint density at radius 3 is 2.73 bits per heavy atom. The standard InChI is InChI=1S/C13H16O2/c14-11-5-4-10-9-13(15-12(10)8-11)6-2-1-3-7-13/h4-5,8,14H,1-3,6-7,9H2. The van der Waals surface area contributed by atoms with Crippen molar-refractivity contribution in [2.45, 2.75) is 44.1 Å². The molecule has 1 aromatic rings. The Morgan fingerprint density at radius 1 is 1.13 bits per heavy atom. The summed E-state index contributed by atoms with van der Waals surface area (Å²) < 4.78 is 6.06. The van der Waals surface area contributed by atoms with Gasteiger partial charge in [0.15, 0.2) is 0 Å². The molecular formula is C13H16O2. The first-order chi connectivity index (χ1) is 7.27. The minimum absolute atomic E-state index is 0.0639. The molecule has 1 heterocycles. The Bertz CT molecular complexity index is 378. The minimum Gasteiger partial charge on any atom is -0.508 e. The maximum Gasteiger partial charge on any atom is 0.127 e. The third-order valence-corrected chi connectivity index (χ3v) is 3.65. The molecule has 2 aliphatic rings. The maximum absolute atomic E-state index is 9.40. The largest absolute Gasteiger partial charge is 0.508 e. The fourth-order valence-electron chi connectivity index (χ4n) is 2.88. The van der Waals surface area contributed by atoms with Crippen LogP contribution in [0.3, 0.4) is 0 Å². The monoisotopic (exact) mass is 204 g/mol. The molecule has 3 rings (SSSR count). The normalized spacial score (nSPS) is 22.4. The van der Waals surface area contributed by atoms with Gasteiger partial charge in [0, 0.05) is 12.5 Å². The lowest BCUT2D eigenvalue weighted by atomic mass is 9.82. The van der Waals surface area contributed by atoms with Crippen molar-refractivity contribution in [3.8, 4) is 11.5 Å². The first-order valence-electron chi connectivity index (χ1n) is 5.78. The molecule has 1 aromatic carbocycles. The zero-order chi connectivity index (χ0) is 10.3. The Labute approximate surface area is 89.9 Å². The van der Waals surface area contributed by atoms with Gasteiger partial charge in [-0.2, -0.15) is 0 Å². The van der Waals surface area contributed by atoms with Gasteiger partial charge in [-0.3, -0.25) is 0 Å².